The third kappa shape index (κ3) is 5.17. The molecule has 1 aromatic carbocycles. The SMILES string of the molecule is COC(=O)CCN1CCN(C(=O)c2ccccc2OCc2cn3cccc(C)c3n2)CC1C. The third-order valence-corrected chi connectivity index (χ3v) is 6.10. The molecule has 0 spiro atoms. The van der Waals surface area contributed by atoms with Crippen LogP contribution in [0.4, 0.5) is 0 Å². The lowest BCUT2D eigenvalue weighted by atomic mass is 10.1. The Bertz CT molecular complexity index is 1140. The molecular formula is C25H30N4O4. The molecule has 8 nitrogen and oxygen atoms in total. The van der Waals surface area contributed by atoms with E-state index in [1.54, 1.807) is 6.07 Å². The first-order valence-corrected chi connectivity index (χ1v) is 11.2. The van der Waals surface area contributed by atoms with Crippen LogP contribution < -0.4 is 4.74 Å². The van der Waals surface area contributed by atoms with Crippen LogP contribution in [0, 0.1) is 6.92 Å². The first-order chi connectivity index (χ1) is 16.0. The van der Waals surface area contributed by atoms with Crippen LogP contribution in [0.15, 0.2) is 48.8 Å². The number of benzene rings is 1. The second-order valence-corrected chi connectivity index (χ2v) is 8.40. The number of pyridine rings is 1. The number of rotatable bonds is 7. The minimum Gasteiger partial charge on any atom is -0.486 e. The molecule has 1 saturated heterocycles. The van der Waals surface area contributed by atoms with Crippen molar-refractivity contribution < 1.29 is 19.1 Å². The highest BCUT2D eigenvalue weighted by atomic mass is 16.5. The van der Waals surface area contributed by atoms with E-state index in [2.05, 4.69) is 16.8 Å². The first kappa shape index (κ1) is 22.8. The Morgan fingerprint density at radius 2 is 1.97 bits per heavy atom. The molecule has 1 amide bonds. The van der Waals surface area contributed by atoms with Gasteiger partial charge in [0.05, 0.1) is 24.8 Å². The molecule has 33 heavy (non-hydrogen) atoms. The number of esters is 1. The van der Waals surface area contributed by atoms with E-state index in [0.717, 1.165) is 16.9 Å². The number of carbonyl (C=O) groups is 2. The number of para-hydroxylation sites is 1. The van der Waals surface area contributed by atoms with Crippen LogP contribution in [0.25, 0.3) is 5.65 Å². The molecule has 0 aliphatic carbocycles. The summed E-state index contributed by atoms with van der Waals surface area (Å²) in [7, 11) is 1.40. The van der Waals surface area contributed by atoms with Crippen LogP contribution in [-0.2, 0) is 16.1 Å². The van der Waals surface area contributed by atoms with Crippen LogP contribution in [-0.4, -0.2) is 70.4 Å². The van der Waals surface area contributed by atoms with Crippen molar-refractivity contribution >= 4 is 17.5 Å². The molecule has 1 aliphatic heterocycles. The molecule has 3 aromatic rings. The maximum Gasteiger partial charge on any atom is 0.306 e. The Morgan fingerprint density at radius 1 is 1.15 bits per heavy atom. The summed E-state index contributed by atoms with van der Waals surface area (Å²) < 4.78 is 12.8. The van der Waals surface area contributed by atoms with E-state index in [9.17, 15) is 9.59 Å². The van der Waals surface area contributed by atoms with Gasteiger partial charge in [-0.15, -0.1) is 0 Å². The predicted octanol–water partition coefficient (Wildman–Crippen LogP) is 2.93. The standard InChI is InChI=1S/C25H30N4O4/c1-18-7-6-11-28-16-20(26-24(18)28)17-33-22-9-5-4-8-21(22)25(31)29-14-13-27(19(2)15-29)12-10-23(30)32-3/h4-9,11,16,19H,10,12-15,17H2,1-3H3. The Labute approximate surface area is 193 Å². The summed E-state index contributed by atoms with van der Waals surface area (Å²) in [5.74, 6) is 0.292. The minimum atomic E-state index is -0.215. The molecule has 3 heterocycles. The number of amides is 1. The molecule has 0 saturated carbocycles. The molecule has 1 fully saturated rings. The Balaban J connectivity index is 1.41. The molecule has 0 radical (unpaired) electrons. The molecule has 1 atom stereocenters. The number of nitrogens with zero attached hydrogens (tertiary/aromatic N) is 4. The number of aryl methyl sites for hydroxylation is 1. The fourth-order valence-corrected chi connectivity index (χ4v) is 4.21. The number of methoxy groups -OCH3 is 1. The van der Waals surface area contributed by atoms with E-state index in [-0.39, 0.29) is 24.5 Å². The number of aromatic nitrogens is 2. The number of ether oxygens (including phenoxy) is 2. The maximum absolute atomic E-state index is 13.3. The molecule has 1 aliphatic rings. The summed E-state index contributed by atoms with van der Waals surface area (Å²) in [6.07, 6.45) is 4.26. The zero-order valence-corrected chi connectivity index (χ0v) is 19.4. The molecular weight excluding hydrogens is 420 g/mol. The largest absolute Gasteiger partial charge is 0.486 e. The summed E-state index contributed by atoms with van der Waals surface area (Å²) in [6, 6.07) is 11.5. The van der Waals surface area contributed by atoms with Gasteiger partial charge in [0.2, 0.25) is 0 Å². The average molecular weight is 451 g/mol. The number of carbonyl (C=O) groups excluding carboxylic acids is 2. The Morgan fingerprint density at radius 3 is 2.73 bits per heavy atom. The molecule has 0 bridgehead atoms. The van der Waals surface area contributed by atoms with E-state index in [1.807, 2.05) is 58.9 Å². The highest BCUT2D eigenvalue weighted by Crippen LogP contribution is 2.23. The van der Waals surface area contributed by atoms with Crippen LogP contribution >= 0.6 is 0 Å². The van der Waals surface area contributed by atoms with Crippen molar-refractivity contribution in [3.8, 4) is 5.75 Å². The first-order valence-electron chi connectivity index (χ1n) is 11.2. The van der Waals surface area contributed by atoms with Gasteiger partial charge in [-0.3, -0.25) is 14.5 Å². The zero-order valence-electron chi connectivity index (χ0n) is 19.4. The van der Waals surface area contributed by atoms with Gasteiger partial charge in [-0.1, -0.05) is 18.2 Å². The van der Waals surface area contributed by atoms with Crippen molar-refractivity contribution in [2.45, 2.75) is 32.9 Å². The highest BCUT2D eigenvalue weighted by molar-refractivity contribution is 5.97. The van der Waals surface area contributed by atoms with Gasteiger partial charge in [-0.25, -0.2) is 4.98 Å². The number of hydrogen-bond donors (Lipinski definition) is 0. The Hall–Kier alpha value is -3.39. The van der Waals surface area contributed by atoms with Gasteiger partial charge >= 0.3 is 5.97 Å². The lowest BCUT2D eigenvalue weighted by Crippen LogP contribution is -2.54. The summed E-state index contributed by atoms with van der Waals surface area (Å²) in [5.41, 5.74) is 3.35. The van der Waals surface area contributed by atoms with E-state index < -0.39 is 0 Å². The monoisotopic (exact) mass is 450 g/mol. The lowest BCUT2D eigenvalue weighted by molar-refractivity contribution is -0.141. The van der Waals surface area contributed by atoms with E-state index >= 15 is 0 Å². The molecule has 2 aromatic heterocycles. The van der Waals surface area contributed by atoms with Gasteiger partial charge in [-0.05, 0) is 37.6 Å². The second-order valence-electron chi connectivity index (χ2n) is 8.40. The van der Waals surface area contributed by atoms with Crippen molar-refractivity contribution in [2.24, 2.45) is 0 Å². The smallest absolute Gasteiger partial charge is 0.306 e. The molecule has 174 valence electrons. The van der Waals surface area contributed by atoms with E-state index in [1.165, 1.54) is 7.11 Å². The van der Waals surface area contributed by atoms with Crippen LogP contribution in [0.3, 0.4) is 0 Å². The van der Waals surface area contributed by atoms with Gasteiger partial charge in [-0.2, -0.15) is 0 Å². The van der Waals surface area contributed by atoms with E-state index in [4.69, 9.17) is 9.47 Å². The third-order valence-electron chi connectivity index (χ3n) is 6.10. The molecule has 4 rings (SSSR count). The highest BCUT2D eigenvalue weighted by Gasteiger charge is 2.28. The summed E-state index contributed by atoms with van der Waals surface area (Å²) in [5, 5.41) is 0. The van der Waals surface area contributed by atoms with Crippen LogP contribution in [0.1, 0.15) is 35.0 Å². The topological polar surface area (TPSA) is 76.4 Å². The normalized spacial score (nSPS) is 16.7. The van der Waals surface area contributed by atoms with Gasteiger partial charge in [0.1, 0.15) is 18.0 Å². The molecule has 0 N–H and O–H groups in total. The van der Waals surface area contributed by atoms with Gasteiger partial charge in [0, 0.05) is 44.6 Å². The van der Waals surface area contributed by atoms with Crippen molar-refractivity contribution in [1.29, 1.82) is 0 Å². The average Bonchev–Trinajstić information content (AvgIpc) is 3.26. The van der Waals surface area contributed by atoms with Crippen molar-refractivity contribution in [3.63, 3.8) is 0 Å². The van der Waals surface area contributed by atoms with Crippen molar-refractivity contribution in [3.05, 3.63) is 65.6 Å². The number of piperazine rings is 1. The molecule has 8 heteroatoms. The van der Waals surface area contributed by atoms with Gasteiger partial charge in [0.15, 0.2) is 0 Å². The van der Waals surface area contributed by atoms with Crippen LogP contribution in [0.2, 0.25) is 0 Å². The number of hydrogen-bond acceptors (Lipinski definition) is 6. The maximum atomic E-state index is 13.3. The quantitative estimate of drug-likeness (QED) is 0.515. The fraction of sp³-hybridized carbons (Fsp3) is 0.400. The second kappa shape index (κ2) is 10.0. The van der Waals surface area contributed by atoms with E-state index in [0.29, 0.717) is 43.9 Å². The summed E-state index contributed by atoms with van der Waals surface area (Å²) >= 11 is 0. The van der Waals surface area contributed by atoms with Gasteiger partial charge < -0.3 is 18.8 Å². The zero-order chi connectivity index (χ0) is 23.4. The van der Waals surface area contributed by atoms with Crippen molar-refractivity contribution in [1.82, 2.24) is 19.2 Å². The number of fused-ring (bicyclic) bond motifs is 1. The van der Waals surface area contributed by atoms with Crippen LogP contribution in [0.5, 0.6) is 5.75 Å². The predicted molar refractivity (Wildman–Crippen MR) is 124 cm³/mol. The fourth-order valence-electron chi connectivity index (χ4n) is 4.21. The lowest BCUT2D eigenvalue weighted by Gasteiger charge is -2.39. The van der Waals surface area contributed by atoms with Gasteiger partial charge in [0.25, 0.3) is 5.91 Å². The van der Waals surface area contributed by atoms with Crippen molar-refractivity contribution in [2.75, 3.05) is 33.3 Å². The summed E-state index contributed by atoms with van der Waals surface area (Å²) in [4.78, 5) is 33.5. The number of imidazole rings is 1. The minimum absolute atomic E-state index is 0.0455. The molecule has 1 unspecified atom stereocenters. The Kier molecular flexibility index (Phi) is 6.93. The summed E-state index contributed by atoms with van der Waals surface area (Å²) in [6.45, 7) is 6.93.